The maximum absolute atomic E-state index is 11.4. The van der Waals surface area contributed by atoms with Crippen LogP contribution in [0.2, 0.25) is 0 Å². The fraction of sp³-hybridized carbons (Fsp3) is 0. The van der Waals surface area contributed by atoms with Crippen LogP contribution in [-0.2, 0) is 4.79 Å². The molecule has 0 bridgehead atoms. The van der Waals surface area contributed by atoms with E-state index in [1.54, 1.807) is 24.3 Å². The molecule has 2 aromatic carbocycles. The molecule has 1 N–H and O–H groups in total. The molecule has 0 radical (unpaired) electrons. The monoisotopic (exact) mass is 347 g/mol. The van der Waals surface area contributed by atoms with E-state index in [0.29, 0.717) is 11.1 Å². The third kappa shape index (κ3) is 3.76. The van der Waals surface area contributed by atoms with Crippen molar-refractivity contribution in [2.24, 2.45) is 0 Å². The van der Waals surface area contributed by atoms with Gasteiger partial charge in [0.1, 0.15) is 0 Å². The Hall–Kier alpha value is -2.47. The summed E-state index contributed by atoms with van der Waals surface area (Å²) in [5.41, 5.74) is 1.23. The smallest absolute Gasteiger partial charge is 0.336 e. The van der Waals surface area contributed by atoms with Crippen LogP contribution in [0.4, 0.5) is 5.69 Å². The Balaban J connectivity index is 2.40. The molecule has 0 spiro atoms. The Morgan fingerprint density at radius 3 is 2.14 bits per heavy atom. The summed E-state index contributed by atoms with van der Waals surface area (Å²) in [5.74, 6) is -1.06. The molecule has 0 heterocycles. The highest BCUT2D eigenvalue weighted by molar-refractivity contribution is 9.10. The molecular weight excluding hydrogens is 338 g/mol. The lowest BCUT2D eigenvalue weighted by atomic mass is 10.0. The molecule has 0 saturated heterocycles. The van der Waals surface area contributed by atoms with Crippen molar-refractivity contribution in [3.8, 4) is 0 Å². The number of halogens is 1. The van der Waals surface area contributed by atoms with E-state index >= 15 is 0 Å². The number of benzene rings is 2. The van der Waals surface area contributed by atoms with Gasteiger partial charge >= 0.3 is 5.97 Å². The van der Waals surface area contributed by atoms with E-state index in [0.717, 1.165) is 4.47 Å². The molecule has 106 valence electrons. The van der Waals surface area contributed by atoms with Gasteiger partial charge in [-0.1, -0.05) is 28.1 Å². The second-order valence-corrected chi connectivity index (χ2v) is 5.13. The van der Waals surface area contributed by atoms with Crippen LogP contribution in [0, 0.1) is 10.1 Å². The molecule has 0 aliphatic rings. The average molecular weight is 348 g/mol. The van der Waals surface area contributed by atoms with E-state index < -0.39 is 10.9 Å². The third-order valence-electron chi connectivity index (χ3n) is 2.80. The van der Waals surface area contributed by atoms with Gasteiger partial charge in [-0.25, -0.2) is 4.79 Å². The van der Waals surface area contributed by atoms with Crippen LogP contribution >= 0.6 is 15.9 Å². The molecule has 0 aromatic heterocycles. The highest BCUT2D eigenvalue weighted by atomic mass is 79.9. The number of non-ortho nitro benzene ring substituents is 1. The van der Waals surface area contributed by atoms with Gasteiger partial charge in [0, 0.05) is 16.6 Å². The van der Waals surface area contributed by atoms with Crippen molar-refractivity contribution in [3.63, 3.8) is 0 Å². The Morgan fingerprint density at radius 1 is 1.10 bits per heavy atom. The maximum atomic E-state index is 11.4. The minimum atomic E-state index is -1.06. The first kappa shape index (κ1) is 14.9. The van der Waals surface area contributed by atoms with Gasteiger partial charge in [-0.2, -0.15) is 0 Å². The first-order valence-corrected chi connectivity index (χ1v) is 6.72. The lowest BCUT2D eigenvalue weighted by Crippen LogP contribution is -1.99. The molecule has 21 heavy (non-hydrogen) atoms. The minimum Gasteiger partial charge on any atom is -0.478 e. The second kappa shape index (κ2) is 6.32. The van der Waals surface area contributed by atoms with Gasteiger partial charge in [0.05, 0.1) is 10.5 Å². The predicted octanol–water partition coefficient (Wildman–Crippen LogP) is 3.98. The fourth-order valence-electron chi connectivity index (χ4n) is 1.76. The summed E-state index contributed by atoms with van der Waals surface area (Å²) >= 11 is 3.29. The van der Waals surface area contributed by atoms with Gasteiger partial charge < -0.3 is 5.11 Å². The van der Waals surface area contributed by atoms with Crippen LogP contribution in [0.1, 0.15) is 11.1 Å². The van der Waals surface area contributed by atoms with Gasteiger partial charge in [0.2, 0.25) is 0 Å². The molecule has 0 fully saturated rings. The molecule has 2 rings (SSSR count). The summed E-state index contributed by atoms with van der Waals surface area (Å²) in [5, 5.41) is 19.9. The molecule has 0 aliphatic carbocycles. The zero-order valence-electron chi connectivity index (χ0n) is 10.7. The number of rotatable bonds is 4. The molecule has 2 aromatic rings. The van der Waals surface area contributed by atoms with Gasteiger partial charge in [-0.3, -0.25) is 10.1 Å². The van der Waals surface area contributed by atoms with Crippen LogP contribution in [0.3, 0.4) is 0 Å². The van der Waals surface area contributed by atoms with Crippen LogP contribution in [-0.4, -0.2) is 16.0 Å². The standard InChI is InChI=1S/C15H10BrNO4/c16-12-5-3-11(4-6-12)14(15(18)19)9-10-1-7-13(8-2-10)17(20)21/h1-9H,(H,18,19). The van der Waals surface area contributed by atoms with Crippen molar-refractivity contribution in [1.29, 1.82) is 0 Å². The van der Waals surface area contributed by atoms with E-state index in [2.05, 4.69) is 15.9 Å². The lowest BCUT2D eigenvalue weighted by molar-refractivity contribution is -0.384. The Morgan fingerprint density at radius 2 is 1.67 bits per heavy atom. The first-order chi connectivity index (χ1) is 9.97. The Kier molecular flexibility index (Phi) is 4.49. The average Bonchev–Trinajstić information content (AvgIpc) is 2.46. The van der Waals surface area contributed by atoms with E-state index in [1.165, 1.54) is 30.3 Å². The van der Waals surface area contributed by atoms with Crippen LogP contribution in [0.25, 0.3) is 11.6 Å². The molecule has 0 unspecified atom stereocenters. The summed E-state index contributed by atoms with van der Waals surface area (Å²) < 4.78 is 0.853. The van der Waals surface area contributed by atoms with Gasteiger partial charge in [-0.05, 0) is 41.5 Å². The number of aliphatic carboxylic acids is 1. The van der Waals surface area contributed by atoms with E-state index in [1.807, 2.05) is 0 Å². The van der Waals surface area contributed by atoms with Crippen molar-refractivity contribution in [1.82, 2.24) is 0 Å². The highest BCUT2D eigenvalue weighted by Gasteiger charge is 2.11. The predicted molar refractivity (Wildman–Crippen MR) is 82.7 cm³/mol. The normalized spacial score (nSPS) is 11.2. The fourth-order valence-corrected chi connectivity index (χ4v) is 2.02. The number of nitro groups is 1. The minimum absolute atomic E-state index is 0.0346. The number of nitro benzene ring substituents is 1. The number of carboxylic acid groups (broad SMARTS) is 1. The molecule has 0 saturated carbocycles. The van der Waals surface area contributed by atoms with E-state index in [9.17, 15) is 20.0 Å². The molecule has 0 aliphatic heterocycles. The van der Waals surface area contributed by atoms with E-state index in [-0.39, 0.29) is 11.3 Å². The van der Waals surface area contributed by atoms with Gasteiger partial charge in [0.25, 0.3) is 5.69 Å². The van der Waals surface area contributed by atoms with Crippen molar-refractivity contribution in [2.45, 2.75) is 0 Å². The maximum Gasteiger partial charge on any atom is 0.336 e. The number of carbonyl (C=O) groups is 1. The molecule has 0 amide bonds. The van der Waals surface area contributed by atoms with Crippen LogP contribution in [0.15, 0.2) is 53.0 Å². The molecular formula is C15H10BrNO4. The number of nitrogens with zero attached hydrogens (tertiary/aromatic N) is 1. The van der Waals surface area contributed by atoms with Gasteiger partial charge in [0.15, 0.2) is 0 Å². The summed E-state index contributed by atoms with van der Waals surface area (Å²) in [7, 11) is 0. The number of hydrogen-bond acceptors (Lipinski definition) is 3. The van der Waals surface area contributed by atoms with Crippen molar-refractivity contribution in [3.05, 3.63) is 74.2 Å². The van der Waals surface area contributed by atoms with Gasteiger partial charge in [-0.15, -0.1) is 0 Å². The zero-order chi connectivity index (χ0) is 15.4. The molecule has 6 heteroatoms. The summed E-state index contributed by atoms with van der Waals surface area (Å²) in [4.78, 5) is 21.5. The topological polar surface area (TPSA) is 80.4 Å². The Bertz CT molecular complexity index is 705. The van der Waals surface area contributed by atoms with Crippen LogP contribution in [0.5, 0.6) is 0 Å². The van der Waals surface area contributed by atoms with Crippen molar-refractivity contribution in [2.75, 3.05) is 0 Å². The number of carboxylic acids is 1. The second-order valence-electron chi connectivity index (χ2n) is 4.22. The quantitative estimate of drug-likeness (QED) is 0.392. The summed E-state index contributed by atoms with van der Waals surface area (Å²) in [6, 6.07) is 12.6. The molecule has 0 atom stereocenters. The zero-order valence-corrected chi connectivity index (χ0v) is 12.3. The SMILES string of the molecule is O=C(O)C(=Cc1ccc([N+](=O)[O-])cc1)c1ccc(Br)cc1. The Labute approximate surface area is 128 Å². The molecule has 5 nitrogen and oxygen atoms in total. The van der Waals surface area contributed by atoms with Crippen molar-refractivity contribution >= 4 is 39.2 Å². The largest absolute Gasteiger partial charge is 0.478 e. The third-order valence-corrected chi connectivity index (χ3v) is 3.33. The summed E-state index contributed by atoms with van der Waals surface area (Å²) in [6.07, 6.45) is 1.48. The van der Waals surface area contributed by atoms with Crippen LogP contribution < -0.4 is 0 Å². The van der Waals surface area contributed by atoms with E-state index in [4.69, 9.17) is 0 Å². The number of hydrogen-bond donors (Lipinski definition) is 1. The first-order valence-electron chi connectivity index (χ1n) is 5.93. The lowest BCUT2D eigenvalue weighted by Gasteiger charge is -2.03. The highest BCUT2D eigenvalue weighted by Crippen LogP contribution is 2.22. The van der Waals surface area contributed by atoms with Crippen molar-refractivity contribution < 1.29 is 14.8 Å². The summed E-state index contributed by atoms with van der Waals surface area (Å²) in [6.45, 7) is 0.